The Kier molecular flexibility index (Phi) is 4.02. The summed E-state index contributed by atoms with van der Waals surface area (Å²) in [5, 5.41) is 14.1. The first kappa shape index (κ1) is 13.1. The van der Waals surface area contributed by atoms with Gasteiger partial charge >= 0.3 is 5.97 Å². The second-order valence-corrected chi connectivity index (χ2v) is 5.59. The van der Waals surface area contributed by atoms with Crippen molar-refractivity contribution in [3.63, 3.8) is 0 Å². The molecule has 1 rings (SSSR count). The van der Waals surface area contributed by atoms with Crippen LogP contribution in [-0.2, 0) is 16.8 Å². The first-order valence-corrected chi connectivity index (χ1v) is 6.27. The zero-order chi connectivity index (χ0) is 12.3. The number of aromatic nitrogens is 2. The Hall–Kier alpha value is -0.970. The summed E-state index contributed by atoms with van der Waals surface area (Å²) in [6.45, 7) is 8.22. The second kappa shape index (κ2) is 4.91. The normalized spacial score (nSPS) is 11.8. The Morgan fingerprint density at radius 2 is 2.19 bits per heavy atom. The minimum atomic E-state index is -0.801. The average molecular weight is 242 g/mol. The predicted octanol–water partition coefficient (Wildman–Crippen LogP) is 2.38. The molecule has 0 unspecified atom stereocenters. The van der Waals surface area contributed by atoms with E-state index in [0.29, 0.717) is 0 Å². The summed E-state index contributed by atoms with van der Waals surface area (Å²) in [7, 11) is 0. The fraction of sp³-hybridized carbons (Fsp3) is 0.636. The molecule has 90 valence electrons. The fourth-order valence-corrected chi connectivity index (χ4v) is 2.23. The van der Waals surface area contributed by atoms with Gasteiger partial charge in [0, 0.05) is 0 Å². The van der Waals surface area contributed by atoms with E-state index in [1.807, 2.05) is 17.7 Å². The highest BCUT2D eigenvalue weighted by Crippen LogP contribution is 2.25. The first-order valence-electron chi connectivity index (χ1n) is 5.28. The lowest BCUT2D eigenvalue weighted by Crippen LogP contribution is -2.24. The molecule has 1 heterocycles. The highest BCUT2D eigenvalue weighted by Gasteiger charge is 2.19. The van der Waals surface area contributed by atoms with Gasteiger partial charge in [-0.05, 0) is 33.3 Å². The molecular weight excluding hydrogens is 224 g/mol. The molecule has 0 saturated carbocycles. The summed E-state index contributed by atoms with van der Waals surface area (Å²) >= 11 is 1.32. The summed E-state index contributed by atoms with van der Waals surface area (Å²) in [6, 6.07) is 1.97. The van der Waals surface area contributed by atoms with Gasteiger partial charge in [0.25, 0.3) is 0 Å². The molecule has 0 radical (unpaired) electrons. The van der Waals surface area contributed by atoms with Crippen LogP contribution in [0.4, 0.5) is 0 Å². The van der Waals surface area contributed by atoms with Crippen molar-refractivity contribution < 1.29 is 9.90 Å². The van der Waals surface area contributed by atoms with Crippen molar-refractivity contribution in [3.8, 4) is 0 Å². The van der Waals surface area contributed by atoms with Crippen LogP contribution in [0.3, 0.4) is 0 Å². The molecule has 0 spiro atoms. The van der Waals surface area contributed by atoms with Crippen molar-refractivity contribution >= 4 is 17.7 Å². The van der Waals surface area contributed by atoms with Gasteiger partial charge in [-0.25, -0.2) is 0 Å². The number of carboxylic acids is 1. The third-order valence-electron chi connectivity index (χ3n) is 2.07. The van der Waals surface area contributed by atoms with E-state index in [1.165, 1.54) is 11.8 Å². The van der Waals surface area contributed by atoms with Crippen molar-refractivity contribution in [3.05, 3.63) is 11.8 Å². The maximum atomic E-state index is 10.6. The van der Waals surface area contributed by atoms with Gasteiger partial charge in [-0.15, -0.1) is 0 Å². The van der Waals surface area contributed by atoms with Gasteiger partial charge in [0.1, 0.15) is 0 Å². The van der Waals surface area contributed by atoms with E-state index < -0.39 is 5.97 Å². The lowest BCUT2D eigenvalue weighted by Gasteiger charge is -2.21. The standard InChI is InChI=1S/C11H18N2O2S/c1-5-8-6-9(16-7-10(14)15)13(12-8)11(2,3)4/h6H,5,7H2,1-4H3,(H,14,15). The molecule has 0 aliphatic carbocycles. The highest BCUT2D eigenvalue weighted by atomic mass is 32.2. The number of rotatable bonds is 4. The van der Waals surface area contributed by atoms with Gasteiger partial charge in [0.15, 0.2) is 0 Å². The molecule has 1 aromatic heterocycles. The van der Waals surface area contributed by atoms with Crippen LogP contribution < -0.4 is 0 Å². The molecular formula is C11H18N2O2S. The van der Waals surface area contributed by atoms with Crippen LogP contribution in [0.5, 0.6) is 0 Å². The van der Waals surface area contributed by atoms with Crippen LogP contribution in [-0.4, -0.2) is 26.6 Å². The van der Waals surface area contributed by atoms with Crippen LogP contribution in [0.1, 0.15) is 33.4 Å². The SMILES string of the molecule is CCc1cc(SCC(=O)O)n(C(C)(C)C)n1. The third kappa shape index (κ3) is 3.27. The maximum absolute atomic E-state index is 10.6. The fourth-order valence-electron chi connectivity index (χ4n) is 1.30. The zero-order valence-corrected chi connectivity index (χ0v) is 11.0. The largest absolute Gasteiger partial charge is 0.481 e. The van der Waals surface area contributed by atoms with E-state index in [-0.39, 0.29) is 11.3 Å². The molecule has 0 fully saturated rings. The third-order valence-corrected chi connectivity index (χ3v) is 3.05. The van der Waals surface area contributed by atoms with E-state index in [4.69, 9.17) is 5.11 Å². The van der Waals surface area contributed by atoms with Crippen LogP contribution >= 0.6 is 11.8 Å². The smallest absolute Gasteiger partial charge is 0.313 e. The number of aryl methyl sites for hydroxylation is 1. The van der Waals surface area contributed by atoms with E-state index in [2.05, 4.69) is 25.9 Å². The summed E-state index contributed by atoms with van der Waals surface area (Å²) in [5.74, 6) is -0.727. The molecule has 16 heavy (non-hydrogen) atoms. The Morgan fingerprint density at radius 1 is 1.56 bits per heavy atom. The maximum Gasteiger partial charge on any atom is 0.313 e. The molecule has 0 amide bonds. The van der Waals surface area contributed by atoms with E-state index in [9.17, 15) is 4.79 Å². The molecule has 0 bridgehead atoms. The van der Waals surface area contributed by atoms with Gasteiger partial charge in [0.05, 0.1) is 22.0 Å². The molecule has 0 aliphatic rings. The van der Waals surface area contributed by atoms with Crippen LogP contribution in [0, 0.1) is 0 Å². The minimum absolute atomic E-state index is 0.0743. The molecule has 0 aliphatic heterocycles. The first-order chi connectivity index (χ1) is 7.34. The molecule has 0 saturated heterocycles. The second-order valence-electron chi connectivity index (χ2n) is 4.59. The van der Waals surface area contributed by atoms with Crippen LogP contribution in [0.15, 0.2) is 11.1 Å². The molecule has 1 aromatic rings. The van der Waals surface area contributed by atoms with Crippen molar-refractivity contribution in [1.82, 2.24) is 9.78 Å². The number of hydrogen-bond acceptors (Lipinski definition) is 3. The monoisotopic (exact) mass is 242 g/mol. The number of thioether (sulfide) groups is 1. The predicted molar refractivity (Wildman–Crippen MR) is 65.0 cm³/mol. The molecule has 1 N–H and O–H groups in total. The quantitative estimate of drug-likeness (QED) is 0.824. The Morgan fingerprint density at radius 3 is 2.62 bits per heavy atom. The zero-order valence-electron chi connectivity index (χ0n) is 10.1. The van der Waals surface area contributed by atoms with E-state index >= 15 is 0 Å². The summed E-state index contributed by atoms with van der Waals surface area (Å²) in [4.78, 5) is 10.6. The molecule has 4 nitrogen and oxygen atoms in total. The van der Waals surface area contributed by atoms with E-state index in [0.717, 1.165) is 17.1 Å². The minimum Gasteiger partial charge on any atom is -0.481 e. The van der Waals surface area contributed by atoms with Gasteiger partial charge in [-0.1, -0.05) is 18.7 Å². The number of aliphatic carboxylic acids is 1. The number of carbonyl (C=O) groups is 1. The number of nitrogens with zero attached hydrogens (tertiary/aromatic N) is 2. The summed E-state index contributed by atoms with van der Waals surface area (Å²) < 4.78 is 1.90. The lowest BCUT2D eigenvalue weighted by molar-refractivity contribution is -0.133. The number of carboxylic acid groups (broad SMARTS) is 1. The Bertz CT molecular complexity index is 380. The Balaban J connectivity index is 2.96. The highest BCUT2D eigenvalue weighted by molar-refractivity contribution is 7.99. The lowest BCUT2D eigenvalue weighted by atomic mass is 10.1. The van der Waals surface area contributed by atoms with Crippen molar-refractivity contribution in [1.29, 1.82) is 0 Å². The van der Waals surface area contributed by atoms with Crippen molar-refractivity contribution in [2.45, 2.75) is 44.7 Å². The summed E-state index contributed by atoms with van der Waals surface area (Å²) in [5.41, 5.74) is 0.886. The van der Waals surface area contributed by atoms with Gasteiger partial charge < -0.3 is 5.11 Å². The molecule has 5 heteroatoms. The number of hydrogen-bond donors (Lipinski definition) is 1. The molecule has 0 atom stereocenters. The van der Waals surface area contributed by atoms with Crippen molar-refractivity contribution in [2.75, 3.05) is 5.75 Å². The van der Waals surface area contributed by atoms with Gasteiger partial charge in [-0.3, -0.25) is 9.48 Å². The van der Waals surface area contributed by atoms with Gasteiger partial charge in [0.2, 0.25) is 0 Å². The molecule has 0 aromatic carbocycles. The van der Waals surface area contributed by atoms with Crippen LogP contribution in [0.25, 0.3) is 0 Å². The Labute approximate surface area is 100 Å². The average Bonchev–Trinajstić information content (AvgIpc) is 2.57. The van der Waals surface area contributed by atoms with Crippen LogP contribution in [0.2, 0.25) is 0 Å². The van der Waals surface area contributed by atoms with Crippen molar-refractivity contribution in [2.24, 2.45) is 0 Å². The summed E-state index contributed by atoms with van der Waals surface area (Å²) in [6.07, 6.45) is 0.865. The topological polar surface area (TPSA) is 55.1 Å². The van der Waals surface area contributed by atoms with E-state index in [1.54, 1.807) is 0 Å². The van der Waals surface area contributed by atoms with Gasteiger partial charge in [-0.2, -0.15) is 5.10 Å².